The van der Waals surface area contributed by atoms with E-state index in [1.165, 1.54) is 25.7 Å². The molecule has 0 spiro atoms. The number of nitrogens with zero attached hydrogens (tertiary/aromatic N) is 3. The Morgan fingerprint density at radius 3 is 2.81 bits per heavy atom. The topological polar surface area (TPSA) is 72.1 Å². The van der Waals surface area contributed by atoms with Crippen molar-refractivity contribution in [1.29, 1.82) is 5.41 Å². The summed E-state index contributed by atoms with van der Waals surface area (Å²) >= 11 is 0. The molecule has 2 heterocycles. The van der Waals surface area contributed by atoms with E-state index in [-0.39, 0.29) is 5.84 Å². The van der Waals surface area contributed by atoms with E-state index in [4.69, 9.17) is 11.1 Å². The minimum atomic E-state index is 0.0907. The van der Waals surface area contributed by atoms with Gasteiger partial charge in [0.05, 0.1) is 11.8 Å². The Balaban J connectivity index is 2.16. The molecule has 0 amide bonds. The number of hydrogen-bond donors (Lipinski definition) is 2. The van der Waals surface area contributed by atoms with Crippen molar-refractivity contribution in [1.82, 2.24) is 14.2 Å². The van der Waals surface area contributed by atoms with Gasteiger partial charge in [-0.25, -0.2) is 4.52 Å². The van der Waals surface area contributed by atoms with Crippen LogP contribution in [0.4, 0.5) is 0 Å². The number of rotatable bonds is 2. The van der Waals surface area contributed by atoms with E-state index in [1.54, 1.807) is 10.7 Å². The van der Waals surface area contributed by atoms with Gasteiger partial charge in [-0.2, -0.15) is 5.10 Å². The van der Waals surface area contributed by atoms with E-state index in [9.17, 15) is 0 Å². The standard InChI is InChI=1S/C11H15N5/c12-10(13)9-7-14-16-6-5-15(11(9)16)8-3-1-2-4-8/h5-8H,1-4H2,(H3,12,13). The Labute approximate surface area is 93.4 Å². The minimum Gasteiger partial charge on any atom is -0.384 e. The predicted octanol–water partition coefficient (Wildman–Crippen LogP) is 1.53. The Bertz CT molecular complexity index is 530. The van der Waals surface area contributed by atoms with Gasteiger partial charge in [0.2, 0.25) is 0 Å². The molecule has 84 valence electrons. The van der Waals surface area contributed by atoms with Crippen LogP contribution in [-0.2, 0) is 0 Å². The van der Waals surface area contributed by atoms with Crippen molar-refractivity contribution in [2.45, 2.75) is 31.7 Å². The van der Waals surface area contributed by atoms with Crippen molar-refractivity contribution in [2.75, 3.05) is 0 Å². The maximum atomic E-state index is 7.55. The quantitative estimate of drug-likeness (QED) is 0.591. The molecule has 3 N–H and O–H groups in total. The average Bonchev–Trinajstić information content (AvgIpc) is 2.93. The summed E-state index contributed by atoms with van der Waals surface area (Å²) in [4.78, 5) is 0. The number of nitrogens with one attached hydrogen (secondary N) is 1. The molecule has 1 saturated carbocycles. The first-order valence-corrected chi connectivity index (χ1v) is 5.66. The fourth-order valence-electron chi connectivity index (χ4n) is 2.59. The maximum Gasteiger partial charge on any atom is 0.147 e. The third kappa shape index (κ3) is 1.24. The lowest BCUT2D eigenvalue weighted by atomic mass is 10.2. The third-order valence-corrected chi connectivity index (χ3v) is 3.39. The van der Waals surface area contributed by atoms with Crippen molar-refractivity contribution >= 4 is 11.5 Å². The molecule has 1 aliphatic carbocycles. The van der Waals surface area contributed by atoms with Gasteiger partial charge < -0.3 is 10.3 Å². The molecule has 0 bridgehead atoms. The van der Waals surface area contributed by atoms with Gasteiger partial charge in [0.1, 0.15) is 11.5 Å². The first-order valence-electron chi connectivity index (χ1n) is 5.66. The van der Waals surface area contributed by atoms with Crippen LogP contribution >= 0.6 is 0 Å². The molecule has 0 atom stereocenters. The van der Waals surface area contributed by atoms with Crippen molar-refractivity contribution in [3.8, 4) is 0 Å². The normalized spacial score (nSPS) is 17.2. The summed E-state index contributed by atoms with van der Waals surface area (Å²) in [5.74, 6) is 0.0907. The first-order chi connectivity index (χ1) is 7.77. The van der Waals surface area contributed by atoms with Gasteiger partial charge >= 0.3 is 0 Å². The van der Waals surface area contributed by atoms with Gasteiger partial charge in [-0.3, -0.25) is 5.41 Å². The fraction of sp³-hybridized carbons (Fsp3) is 0.455. The van der Waals surface area contributed by atoms with Gasteiger partial charge in [-0.15, -0.1) is 0 Å². The van der Waals surface area contributed by atoms with Crippen molar-refractivity contribution in [3.63, 3.8) is 0 Å². The van der Waals surface area contributed by atoms with Gasteiger partial charge in [-0.1, -0.05) is 12.8 Å². The first kappa shape index (κ1) is 9.45. The lowest BCUT2D eigenvalue weighted by molar-refractivity contribution is 0.533. The number of nitrogen functional groups attached to an aromatic ring is 1. The van der Waals surface area contributed by atoms with E-state index in [0.717, 1.165) is 11.2 Å². The lowest BCUT2D eigenvalue weighted by Gasteiger charge is -2.12. The summed E-state index contributed by atoms with van der Waals surface area (Å²) in [6.07, 6.45) is 10.7. The molecule has 0 radical (unpaired) electrons. The van der Waals surface area contributed by atoms with Crippen LogP contribution in [0.2, 0.25) is 0 Å². The molecule has 2 aromatic heterocycles. The minimum absolute atomic E-state index is 0.0907. The van der Waals surface area contributed by atoms with Crippen LogP contribution in [0.5, 0.6) is 0 Å². The van der Waals surface area contributed by atoms with Gasteiger partial charge in [-0.05, 0) is 12.8 Å². The Hall–Kier alpha value is -1.78. The van der Waals surface area contributed by atoms with E-state index >= 15 is 0 Å². The molecule has 3 rings (SSSR count). The Kier molecular flexibility index (Phi) is 1.99. The van der Waals surface area contributed by atoms with Crippen LogP contribution in [0.1, 0.15) is 37.3 Å². The number of imidazole rings is 1. The molecular weight excluding hydrogens is 202 g/mol. The van der Waals surface area contributed by atoms with Crippen molar-refractivity contribution < 1.29 is 0 Å². The molecule has 0 saturated heterocycles. The SMILES string of the molecule is N=C(N)c1cnn2ccn(C3CCCC3)c12. The summed E-state index contributed by atoms with van der Waals surface area (Å²) < 4.78 is 4.02. The second-order valence-electron chi connectivity index (χ2n) is 4.38. The zero-order valence-electron chi connectivity index (χ0n) is 9.06. The smallest absolute Gasteiger partial charge is 0.147 e. The highest BCUT2D eigenvalue weighted by molar-refractivity contribution is 6.00. The van der Waals surface area contributed by atoms with E-state index in [2.05, 4.69) is 9.67 Å². The molecule has 16 heavy (non-hydrogen) atoms. The van der Waals surface area contributed by atoms with Crippen LogP contribution in [0.3, 0.4) is 0 Å². The van der Waals surface area contributed by atoms with Crippen LogP contribution in [0, 0.1) is 5.41 Å². The number of fused-ring (bicyclic) bond motifs is 1. The van der Waals surface area contributed by atoms with E-state index in [0.29, 0.717) is 6.04 Å². The Morgan fingerprint density at radius 2 is 2.12 bits per heavy atom. The third-order valence-electron chi connectivity index (χ3n) is 3.39. The largest absolute Gasteiger partial charge is 0.384 e. The van der Waals surface area contributed by atoms with E-state index in [1.807, 2.05) is 12.4 Å². The number of hydrogen-bond acceptors (Lipinski definition) is 2. The Morgan fingerprint density at radius 1 is 1.38 bits per heavy atom. The van der Waals surface area contributed by atoms with Gasteiger partial charge in [0.15, 0.2) is 0 Å². The molecule has 1 fully saturated rings. The highest BCUT2D eigenvalue weighted by Crippen LogP contribution is 2.31. The zero-order valence-corrected chi connectivity index (χ0v) is 9.06. The van der Waals surface area contributed by atoms with E-state index < -0.39 is 0 Å². The highest BCUT2D eigenvalue weighted by atomic mass is 15.3. The van der Waals surface area contributed by atoms with Gasteiger partial charge in [0.25, 0.3) is 0 Å². The van der Waals surface area contributed by atoms with Crippen molar-refractivity contribution in [2.24, 2.45) is 5.73 Å². The summed E-state index contributed by atoms with van der Waals surface area (Å²) in [5.41, 5.74) is 7.26. The van der Waals surface area contributed by atoms with Crippen LogP contribution < -0.4 is 5.73 Å². The number of amidine groups is 1. The van der Waals surface area contributed by atoms with Crippen LogP contribution in [-0.4, -0.2) is 20.0 Å². The average molecular weight is 217 g/mol. The fourth-order valence-corrected chi connectivity index (χ4v) is 2.59. The second-order valence-corrected chi connectivity index (χ2v) is 4.38. The summed E-state index contributed by atoms with van der Waals surface area (Å²) in [6.45, 7) is 0. The molecule has 0 aliphatic heterocycles. The monoisotopic (exact) mass is 217 g/mol. The predicted molar refractivity (Wildman–Crippen MR) is 61.7 cm³/mol. The molecule has 5 heteroatoms. The highest BCUT2D eigenvalue weighted by Gasteiger charge is 2.21. The number of aromatic nitrogens is 3. The molecule has 0 unspecified atom stereocenters. The van der Waals surface area contributed by atoms with Crippen LogP contribution in [0.25, 0.3) is 5.65 Å². The lowest BCUT2D eigenvalue weighted by Crippen LogP contribution is -2.13. The molecule has 2 aromatic rings. The summed E-state index contributed by atoms with van der Waals surface area (Å²) in [6, 6.07) is 0.548. The van der Waals surface area contributed by atoms with Gasteiger partial charge in [0, 0.05) is 18.4 Å². The summed E-state index contributed by atoms with van der Waals surface area (Å²) in [7, 11) is 0. The van der Waals surface area contributed by atoms with Crippen LogP contribution in [0.15, 0.2) is 18.6 Å². The zero-order chi connectivity index (χ0) is 11.1. The molecule has 5 nitrogen and oxygen atoms in total. The summed E-state index contributed by atoms with van der Waals surface area (Å²) in [5, 5.41) is 11.8. The van der Waals surface area contributed by atoms with Crippen molar-refractivity contribution in [3.05, 3.63) is 24.2 Å². The molecule has 0 aromatic carbocycles. The number of nitrogens with two attached hydrogens (primary N) is 1. The molecule has 1 aliphatic rings. The maximum absolute atomic E-state index is 7.55. The molecular formula is C11H15N5. The second kappa shape index (κ2) is 3.37.